The van der Waals surface area contributed by atoms with Crippen molar-refractivity contribution in [3.63, 3.8) is 0 Å². The molecule has 4 aliphatic carbocycles. The fourth-order valence-corrected chi connectivity index (χ4v) is 4.88. The normalized spacial score (nSPS) is 38.2. The minimum absolute atomic E-state index is 0.117. The maximum absolute atomic E-state index is 11.4. The maximum atomic E-state index is 11.4. The van der Waals surface area contributed by atoms with E-state index in [9.17, 15) is 4.79 Å². The van der Waals surface area contributed by atoms with Gasteiger partial charge in [-0.1, -0.05) is 0 Å². The Morgan fingerprint density at radius 1 is 1.10 bits per heavy atom. The molecule has 1 N–H and O–H groups in total. The molecule has 0 radical (unpaired) electrons. The van der Waals surface area contributed by atoms with Gasteiger partial charge in [0.1, 0.15) is 6.61 Å². The van der Waals surface area contributed by atoms with Gasteiger partial charge in [0, 0.05) is 6.04 Å². The topological polar surface area (TPSA) is 47.6 Å². The first-order valence-corrected chi connectivity index (χ1v) is 8.12. The monoisotopic (exact) mass is 281 g/mol. The van der Waals surface area contributed by atoms with Crippen molar-refractivity contribution in [2.75, 3.05) is 13.2 Å². The highest BCUT2D eigenvalue weighted by Gasteiger charge is 2.51. The van der Waals surface area contributed by atoms with Gasteiger partial charge in [-0.05, 0) is 70.1 Å². The fourth-order valence-electron chi connectivity index (χ4n) is 4.88. The minimum atomic E-state index is -0.339. The number of carbonyl (C=O) groups excluding carboxylic acids is 1. The van der Waals surface area contributed by atoms with E-state index in [0.717, 1.165) is 17.8 Å². The molecule has 4 saturated carbocycles. The first-order chi connectivity index (χ1) is 9.55. The van der Waals surface area contributed by atoms with Crippen molar-refractivity contribution in [3.05, 3.63) is 0 Å². The van der Waals surface area contributed by atoms with Gasteiger partial charge in [-0.3, -0.25) is 0 Å². The molecule has 114 valence electrons. The molecule has 4 heteroatoms. The molecule has 0 aromatic heterocycles. The van der Waals surface area contributed by atoms with E-state index in [2.05, 4.69) is 5.32 Å². The highest BCUT2D eigenvalue weighted by Crippen LogP contribution is 2.57. The summed E-state index contributed by atoms with van der Waals surface area (Å²) in [6.07, 6.45) is 7.64. The van der Waals surface area contributed by atoms with Crippen LogP contribution in [0.3, 0.4) is 0 Å². The van der Waals surface area contributed by atoms with Gasteiger partial charge in [-0.25, -0.2) is 4.79 Å². The third-order valence-corrected chi connectivity index (χ3v) is 5.11. The molecule has 1 amide bonds. The van der Waals surface area contributed by atoms with Crippen LogP contribution in [-0.4, -0.2) is 30.9 Å². The van der Waals surface area contributed by atoms with Crippen molar-refractivity contribution in [1.29, 1.82) is 0 Å². The molecule has 0 heterocycles. The quantitative estimate of drug-likeness (QED) is 0.788. The maximum Gasteiger partial charge on any atom is 0.407 e. The van der Waals surface area contributed by atoms with Gasteiger partial charge in [0.2, 0.25) is 0 Å². The summed E-state index contributed by atoms with van der Waals surface area (Å²) in [5, 5.41) is 2.72. The van der Waals surface area contributed by atoms with E-state index in [4.69, 9.17) is 9.47 Å². The summed E-state index contributed by atoms with van der Waals surface area (Å²) in [4.78, 5) is 11.4. The number of amides is 1. The van der Waals surface area contributed by atoms with E-state index in [1.54, 1.807) is 0 Å². The lowest BCUT2D eigenvalue weighted by Gasteiger charge is -2.56. The molecule has 4 rings (SSSR count). The zero-order chi connectivity index (χ0) is 14.2. The van der Waals surface area contributed by atoms with Crippen LogP contribution in [0.25, 0.3) is 0 Å². The Labute approximate surface area is 121 Å². The van der Waals surface area contributed by atoms with Crippen LogP contribution in [-0.2, 0) is 9.47 Å². The van der Waals surface area contributed by atoms with E-state index in [1.165, 1.54) is 38.5 Å². The molecule has 20 heavy (non-hydrogen) atoms. The van der Waals surface area contributed by atoms with Gasteiger partial charge in [-0.15, -0.1) is 0 Å². The summed E-state index contributed by atoms with van der Waals surface area (Å²) >= 11 is 0. The van der Waals surface area contributed by atoms with E-state index < -0.39 is 0 Å². The Hall–Kier alpha value is -0.770. The van der Waals surface area contributed by atoms with Crippen LogP contribution in [0.1, 0.15) is 52.4 Å². The highest BCUT2D eigenvalue weighted by molar-refractivity contribution is 5.67. The number of hydrogen-bond donors (Lipinski definition) is 1. The van der Waals surface area contributed by atoms with Gasteiger partial charge in [0.25, 0.3) is 0 Å². The minimum Gasteiger partial charge on any atom is -0.447 e. The summed E-state index contributed by atoms with van der Waals surface area (Å²) < 4.78 is 11.3. The average molecular weight is 281 g/mol. The third-order valence-electron chi connectivity index (χ3n) is 5.11. The average Bonchev–Trinajstić information content (AvgIpc) is 2.32. The first kappa shape index (κ1) is 14.2. The smallest absolute Gasteiger partial charge is 0.407 e. The van der Waals surface area contributed by atoms with E-state index in [0.29, 0.717) is 13.2 Å². The molecular weight excluding hydrogens is 254 g/mol. The molecule has 0 unspecified atom stereocenters. The van der Waals surface area contributed by atoms with Crippen LogP contribution in [0.15, 0.2) is 0 Å². The van der Waals surface area contributed by atoms with Crippen LogP contribution in [0.4, 0.5) is 4.79 Å². The van der Waals surface area contributed by atoms with E-state index >= 15 is 0 Å². The fraction of sp³-hybridized carbons (Fsp3) is 0.938. The number of nitrogens with one attached hydrogen (secondary N) is 1. The molecule has 0 saturated heterocycles. The predicted molar refractivity (Wildman–Crippen MR) is 76.5 cm³/mol. The highest BCUT2D eigenvalue weighted by atomic mass is 16.6. The zero-order valence-electron chi connectivity index (χ0n) is 12.7. The molecule has 0 spiro atoms. The Morgan fingerprint density at radius 3 is 2.15 bits per heavy atom. The van der Waals surface area contributed by atoms with Crippen molar-refractivity contribution < 1.29 is 14.3 Å². The molecule has 0 aromatic carbocycles. The molecule has 4 fully saturated rings. The largest absolute Gasteiger partial charge is 0.447 e. The summed E-state index contributed by atoms with van der Waals surface area (Å²) in [6.45, 7) is 4.75. The number of ether oxygens (including phenoxy) is 2. The third kappa shape index (κ3) is 3.11. The van der Waals surface area contributed by atoms with Gasteiger partial charge < -0.3 is 14.8 Å². The van der Waals surface area contributed by atoms with Crippen molar-refractivity contribution in [1.82, 2.24) is 5.32 Å². The van der Waals surface area contributed by atoms with Crippen molar-refractivity contribution >= 4 is 6.09 Å². The summed E-state index contributed by atoms with van der Waals surface area (Å²) in [5.41, 5.74) is 0.118. The summed E-state index contributed by atoms with van der Waals surface area (Å²) in [7, 11) is 0. The number of rotatable bonds is 5. The molecule has 0 atom stereocenters. The molecular formula is C16H27NO3. The Morgan fingerprint density at radius 2 is 1.65 bits per heavy atom. The van der Waals surface area contributed by atoms with Gasteiger partial charge in [-0.2, -0.15) is 0 Å². The second-order valence-corrected chi connectivity index (χ2v) is 7.38. The van der Waals surface area contributed by atoms with Crippen LogP contribution < -0.4 is 5.32 Å². The van der Waals surface area contributed by atoms with Crippen molar-refractivity contribution in [2.24, 2.45) is 17.8 Å². The number of hydrogen-bond acceptors (Lipinski definition) is 3. The first-order valence-electron chi connectivity index (χ1n) is 8.12. The molecule has 4 nitrogen and oxygen atoms in total. The van der Waals surface area contributed by atoms with Gasteiger partial charge >= 0.3 is 6.09 Å². The molecule has 4 aliphatic rings. The molecule has 4 bridgehead atoms. The zero-order valence-corrected chi connectivity index (χ0v) is 12.7. The lowest BCUT2D eigenvalue weighted by molar-refractivity contribution is -0.166. The second-order valence-electron chi connectivity index (χ2n) is 7.38. The van der Waals surface area contributed by atoms with Crippen LogP contribution in [0.5, 0.6) is 0 Å². The van der Waals surface area contributed by atoms with Crippen LogP contribution in [0, 0.1) is 17.8 Å². The second kappa shape index (κ2) is 5.55. The number of carbonyl (C=O) groups is 1. The predicted octanol–water partition coefficient (Wildman–Crippen LogP) is 3.11. The Kier molecular flexibility index (Phi) is 3.93. The van der Waals surface area contributed by atoms with Gasteiger partial charge in [0.05, 0.1) is 12.2 Å². The van der Waals surface area contributed by atoms with Crippen molar-refractivity contribution in [3.8, 4) is 0 Å². The number of alkyl carbamates (subject to hydrolysis) is 1. The Bertz CT molecular complexity index is 331. The lowest BCUT2D eigenvalue weighted by atomic mass is 9.54. The Balaban J connectivity index is 1.41. The standard InChI is InChI=1S/C16H27NO3/c1-11(2)17-15(18)19-3-4-20-16-8-12-5-13(9-16)7-14(6-12)10-16/h11-14H,3-10H2,1-2H3,(H,17,18). The summed E-state index contributed by atoms with van der Waals surface area (Å²) in [5.74, 6) is 2.68. The van der Waals surface area contributed by atoms with Gasteiger partial charge in [0.15, 0.2) is 0 Å². The van der Waals surface area contributed by atoms with E-state index in [-0.39, 0.29) is 17.7 Å². The molecule has 0 aliphatic heterocycles. The molecule has 0 aromatic rings. The SMILES string of the molecule is CC(C)NC(=O)OCCOC12CC3CC(CC(C3)C1)C2. The van der Waals surface area contributed by atoms with Crippen molar-refractivity contribution in [2.45, 2.75) is 64.0 Å². The van der Waals surface area contributed by atoms with E-state index in [1.807, 2.05) is 13.8 Å². The lowest BCUT2D eigenvalue weighted by Crippen LogP contribution is -2.52. The van der Waals surface area contributed by atoms with Crippen LogP contribution in [0.2, 0.25) is 0 Å². The van der Waals surface area contributed by atoms with Crippen LogP contribution >= 0.6 is 0 Å². The summed E-state index contributed by atoms with van der Waals surface area (Å²) in [6, 6.07) is 0.117.